The minimum atomic E-state index is -0.364. The molecule has 0 spiro atoms. The summed E-state index contributed by atoms with van der Waals surface area (Å²) in [5.41, 5.74) is 4.05. The van der Waals surface area contributed by atoms with Gasteiger partial charge in [0.15, 0.2) is 5.78 Å². The zero-order valence-electron chi connectivity index (χ0n) is 11.2. The summed E-state index contributed by atoms with van der Waals surface area (Å²) >= 11 is 0. The largest absolute Gasteiger partial charge is 0.294 e. The van der Waals surface area contributed by atoms with E-state index in [-0.39, 0.29) is 11.6 Å². The molecule has 2 rings (SSSR count). The Kier molecular flexibility index (Phi) is 4.10. The van der Waals surface area contributed by atoms with E-state index in [0.29, 0.717) is 18.4 Å². The van der Waals surface area contributed by atoms with Gasteiger partial charge in [0, 0.05) is 12.0 Å². The van der Waals surface area contributed by atoms with Crippen LogP contribution in [0.25, 0.3) is 0 Å². The highest BCUT2D eigenvalue weighted by Gasteiger charge is 2.08. The lowest BCUT2D eigenvalue weighted by Crippen LogP contribution is -2.02. The average molecular weight is 256 g/mol. The van der Waals surface area contributed by atoms with Gasteiger partial charge >= 0.3 is 0 Å². The zero-order chi connectivity index (χ0) is 13.8. The fraction of sp³-hybridized carbons (Fsp3) is 0.235. The van der Waals surface area contributed by atoms with Crippen LogP contribution in [0.1, 0.15) is 33.5 Å². The van der Waals surface area contributed by atoms with E-state index in [0.717, 1.165) is 0 Å². The molecule has 2 heteroatoms. The third-order valence-corrected chi connectivity index (χ3v) is 3.27. The summed E-state index contributed by atoms with van der Waals surface area (Å²) in [4.78, 5) is 12.0. The minimum absolute atomic E-state index is 0.0144. The lowest BCUT2D eigenvalue weighted by atomic mass is 9.98. The molecule has 0 unspecified atom stereocenters. The van der Waals surface area contributed by atoms with Crippen LogP contribution in [0.2, 0.25) is 0 Å². The lowest BCUT2D eigenvalue weighted by Gasteiger charge is -2.06. The molecule has 0 aliphatic carbocycles. The number of Topliss-reactive ketones (excluding diaryl/α,β-unsaturated/α-hetero) is 1. The lowest BCUT2D eigenvalue weighted by molar-refractivity contribution is 0.0982. The number of aryl methyl sites for hydroxylation is 3. The second-order valence-electron chi connectivity index (χ2n) is 4.86. The number of carbonyl (C=O) groups is 1. The molecule has 0 aliphatic heterocycles. The van der Waals surface area contributed by atoms with E-state index in [1.807, 2.05) is 0 Å². The first-order chi connectivity index (χ1) is 9.06. The molecule has 98 valence electrons. The van der Waals surface area contributed by atoms with Crippen LogP contribution in [0.4, 0.5) is 4.39 Å². The normalized spacial score (nSPS) is 10.5. The number of hydrogen-bond donors (Lipinski definition) is 0. The third kappa shape index (κ3) is 3.50. The van der Waals surface area contributed by atoms with Gasteiger partial charge in [-0.3, -0.25) is 4.79 Å². The van der Waals surface area contributed by atoms with Crippen LogP contribution < -0.4 is 0 Å². The highest BCUT2D eigenvalue weighted by atomic mass is 19.1. The Morgan fingerprint density at radius 1 is 1.11 bits per heavy atom. The topological polar surface area (TPSA) is 17.1 Å². The van der Waals surface area contributed by atoms with Crippen molar-refractivity contribution >= 4 is 5.78 Å². The fourth-order valence-corrected chi connectivity index (χ4v) is 2.18. The molecule has 0 saturated heterocycles. The number of benzene rings is 2. The first-order valence-electron chi connectivity index (χ1n) is 6.41. The van der Waals surface area contributed by atoms with Crippen LogP contribution in [0.15, 0.2) is 42.5 Å². The number of carbonyl (C=O) groups excluding carboxylic acids is 1. The van der Waals surface area contributed by atoms with Crippen molar-refractivity contribution in [1.82, 2.24) is 0 Å². The summed E-state index contributed by atoms with van der Waals surface area (Å²) in [6, 6.07) is 12.1. The molecule has 0 fully saturated rings. The van der Waals surface area contributed by atoms with Gasteiger partial charge in [-0.15, -0.1) is 0 Å². The smallest absolute Gasteiger partial charge is 0.163 e. The Hall–Kier alpha value is -1.96. The average Bonchev–Trinajstić information content (AvgIpc) is 2.37. The molecule has 0 aromatic heterocycles. The van der Waals surface area contributed by atoms with Crippen molar-refractivity contribution in [3.05, 3.63) is 70.5 Å². The van der Waals surface area contributed by atoms with E-state index in [1.165, 1.54) is 28.8 Å². The summed E-state index contributed by atoms with van der Waals surface area (Å²) in [7, 11) is 0. The summed E-state index contributed by atoms with van der Waals surface area (Å²) in [5, 5.41) is 0. The molecule has 0 bridgehead atoms. The van der Waals surface area contributed by atoms with Gasteiger partial charge in [0.05, 0.1) is 0 Å². The first-order valence-corrected chi connectivity index (χ1v) is 6.41. The van der Waals surface area contributed by atoms with E-state index >= 15 is 0 Å². The molecule has 2 aromatic rings. The molecule has 0 heterocycles. The van der Waals surface area contributed by atoms with Crippen LogP contribution in [0.3, 0.4) is 0 Å². The quantitative estimate of drug-likeness (QED) is 0.747. The van der Waals surface area contributed by atoms with Crippen molar-refractivity contribution in [2.24, 2.45) is 0 Å². The summed E-state index contributed by atoms with van der Waals surface area (Å²) in [6.45, 7) is 4.10. The molecule has 0 aliphatic rings. The Bertz CT molecular complexity index is 602. The molecule has 0 atom stereocenters. The van der Waals surface area contributed by atoms with Gasteiger partial charge in [0.1, 0.15) is 5.82 Å². The second kappa shape index (κ2) is 5.79. The second-order valence-corrected chi connectivity index (χ2v) is 4.86. The third-order valence-electron chi connectivity index (χ3n) is 3.27. The van der Waals surface area contributed by atoms with Gasteiger partial charge in [-0.05, 0) is 43.5 Å². The number of halogens is 1. The van der Waals surface area contributed by atoms with Crippen LogP contribution >= 0.6 is 0 Å². The van der Waals surface area contributed by atoms with E-state index in [1.54, 1.807) is 12.1 Å². The molecule has 19 heavy (non-hydrogen) atoms. The summed E-state index contributed by atoms with van der Waals surface area (Å²) in [6.07, 6.45) is 1.11. The molecular formula is C17H17FO. The number of rotatable bonds is 4. The SMILES string of the molecule is Cc1ccc(CCC(=O)c2cccc(F)c2)c(C)c1. The Balaban J connectivity index is 2.04. The summed E-state index contributed by atoms with van der Waals surface area (Å²) in [5.74, 6) is -0.378. The van der Waals surface area contributed by atoms with Gasteiger partial charge < -0.3 is 0 Å². The Morgan fingerprint density at radius 3 is 2.58 bits per heavy atom. The minimum Gasteiger partial charge on any atom is -0.294 e. The highest BCUT2D eigenvalue weighted by Crippen LogP contribution is 2.14. The Morgan fingerprint density at radius 2 is 1.89 bits per heavy atom. The van der Waals surface area contributed by atoms with Crippen molar-refractivity contribution in [1.29, 1.82) is 0 Å². The number of hydrogen-bond acceptors (Lipinski definition) is 1. The fourth-order valence-electron chi connectivity index (χ4n) is 2.18. The number of ketones is 1. The molecule has 1 nitrogen and oxygen atoms in total. The van der Waals surface area contributed by atoms with Gasteiger partial charge in [-0.1, -0.05) is 35.9 Å². The molecule has 0 N–H and O–H groups in total. The predicted molar refractivity (Wildman–Crippen MR) is 75.0 cm³/mol. The monoisotopic (exact) mass is 256 g/mol. The van der Waals surface area contributed by atoms with Gasteiger partial charge in [-0.2, -0.15) is 0 Å². The van der Waals surface area contributed by atoms with Crippen LogP contribution in [-0.2, 0) is 6.42 Å². The zero-order valence-corrected chi connectivity index (χ0v) is 11.2. The van der Waals surface area contributed by atoms with E-state index < -0.39 is 0 Å². The Labute approximate surface area is 113 Å². The maximum atomic E-state index is 13.0. The maximum Gasteiger partial charge on any atom is 0.163 e. The van der Waals surface area contributed by atoms with Gasteiger partial charge in [-0.25, -0.2) is 4.39 Å². The van der Waals surface area contributed by atoms with Crippen LogP contribution in [-0.4, -0.2) is 5.78 Å². The van der Waals surface area contributed by atoms with Crippen molar-refractivity contribution in [2.45, 2.75) is 26.7 Å². The van der Waals surface area contributed by atoms with E-state index in [9.17, 15) is 9.18 Å². The van der Waals surface area contributed by atoms with Crippen LogP contribution in [0, 0.1) is 19.7 Å². The van der Waals surface area contributed by atoms with E-state index in [4.69, 9.17) is 0 Å². The van der Waals surface area contributed by atoms with Crippen molar-refractivity contribution in [3.63, 3.8) is 0 Å². The highest BCUT2D eigenvalue weighted by molar-refractivity contribution is 5.96. The van der Waals surface area contributed by atoms with Crippen molar-refractivity contribution in [2.75, 3.05) is 0 Å². The van der Waals surface area contributed by atoms with Crippen LogP contribution in [0.5, 0.6) is 0 Å². The van der Waals surface area contributed by atoms with Gasteiger partial charge in [0.2, 0.25) is 0 Å². The standard InChI is InChI=1S/C17H17FO/c1-12-6-7-14(13(2)10-12)8-9-17(19)15-4-3-5-16(18)11-15/h3-7,10-11H,8-9H2,1-2H3. The summed E-state index contributed by atoms with van der Waals surface area (Å²) < 4.78 is 13.0. The molecule has 0 saturated carbocycles. The molecular weight excluding hydrogens is 239 g/mol. The molecule has 0 radical (unpaired) electrons. The first kappa shape index (κ1) is 13.5. The molecule has 2 aromatic carbocycles. The van der Waals surface area contributed by atoms with Crippen molar-refractivity contribution in [3.8, 4) is 0 Å². The van der Waals surface area contributed by atoms with E-state index in [2.05, 4.69) is 32.0 Å². The maximum absolute atomic E-state index is 13.0. The van der Waals surface area contributed by atoms with Gasteiger partial charge in [0.25, 0.3) is 0 Å². The molecule has 0 amide bonds. The predicted octanol–water partition coefficient (Wildman–Crippen LogP) is 4.26. The van der Waals surface area contributed by atoms with Crippen molar-refractivity contribution < 1.29 is 9.18 Å².